The molecule has 1 aliphatic rings. The van der Waals surface area contributed by atoms with Gasteiger partial charge < -0.3 is 20.5 Å². The molecule has 1 aromatic carbocycles. The Balaban J connectivity index is 2.11. The minimum absolute atomic E-state index is 0.132. The summed E-state index contributed by atoms with van der Waals surface area (Å²) >= 11 is 0. The van der Waals surface area contributed by atoms with Crippen LogP contribution in [0.15, 0.2) is 30.3 Å². The average molecular weight is 278 g/mol. The van der Waals surface area contributed by atoms with Crippen LogP contribution in [0.4, 0.5) is 0 Å². The molecule has 2 atom stereocenters. The number of carbonyl (C=O) groups excluding carboxylic acids is 1. The highest BCUT2D eigenvalue weighted by atomic mass is 16.5. The fourth-order valence-electron chi connectivity index (χ4n) is 2.30. The lowest BCUT2D eigenvalue weighted by Crippen LogP contribution is -2.52. The van der Waals surface area contributed by atoms with Gasteiger partial charge in [-0.25, -0.2) is 0 Å². The van der Waals surface area contributed by atoms with Crippen molar-refractivity contribution in [2.75, 3.05) is 19.8 Å². The first-order valence-electron chi connectivity index (χ1n) is 6.50. The van der Waals surface area contributed by atoms with Crippen molar-refractivity contribution in [3.63, 3.8) is 0 Å². The van der Waals surface area contributed by atoms with Crippen molar-refractivity contribution in [1.82, 2.24) is 4.90 Å². The van der Waals surface area contributed by atoms with E-state index in [1.807, 2.05) is 18.2 Å². The van der Waals surface area contributed by atoms with Gasteiger partial charge >= 0.3 is 5.97 Å². The van der Waals surface area contributed by atoms with Crippen molar-refractivity contribution in [3.05, 3.63) is 35.9 Å². The van der Waals surface area contributed by atoms with Crippen molar-refractivity contribution in [2.45, 2.75) is 18.5 Å². The molecule has 2 rings (SSSR count). The molecule has 1 aromatic rings. The lowest BCUT2D eigenvalue weighted by atomic mass is 10.0. The summed E-state index contributed by atoms with van der Waals surface area (Å²) in [5.41, 5.74) is 6.70. The molecule has 1 fully saturated rings. The molecular weight excluding hydrogens is 260 g/mol. The summed E-state index contributed by atoms with van der Waals surface area (Å²) in [5.74, 6) is -1.21. The summed E-state index contributed by atoms with van der Waals surface area (Å²) in [6, 6.07) is 7.83. The number of morpholine rings is 1. The fraction of sp³-hybridized carbons (Fsp3) is 0.429. The van der Waals surface area contributed by atoms with Gasteiger partial charge in [0.2, 0.25) is 5.91 Å². The van der Waals surface area contributed by atoms with Crippen LogP contribution < -0.4 is 5.73 Å². The number of benzene rings is 1. The van der Waals surface area contributed by atoms with Crippen LogP contribution in [0.5, 0.6) is 0 Å². The normalized spacial score (nSPS) is 20.4. The predicted molar refractivity (Wildman–Crippen MR) is 71.9 cm³/mol. The van der Waals surface area contributed by atoms with E-state index >= 15 is 0 Å². The summed E-state index contributed by atoms with van der Waals surface area (Å²) in [4.78, 5) is 24.8. The zero-order chi connectivity index (χ0) is 14.5. The van der Waals surface area contributed by atoms with E-state index < -0.39 is 18.1 Å². The Bertz CT molecular complexity index is 477. The Morgan fingerprint density at radius 1 is 1.40 bits per heavy atom. The number of hydrogen-bond donors (Lipinski definition) is 2. The molecule has 108 valence electrons. The zero-order valence-electron chi connectivity index (χ0n) is 11.1. The van der Waals surface area contributed by atoms with Gasteiger partial charge in [-0.05, 0) is 5.56 Å². The van der Waals surface area contributed by atoms with Gasteiger partial charge in [-0.1, -0.05) is 30.3 Å². The standard InChI is InChI=1S/C14H18N2O4/c15-13(10-4-2-1-3-5-10)14(19)16-6-7-20-9-11(16)8-12(17)18/h1-5,11,13H,6-9,15H2,(H,17,18)/t11?,13-/m0/s1. The van der Waals surface area contributed by atoms with E-state index in [0.29, 0.717) is 13.2 Å². The maximum absolute atomic E-state index is 12.4. The number of rotatable bonds is 4. The Morgan fingerprint density at radius 2 is 2.10 bits per heavy atom. The van der Waals surface area contributed by atoms with E-state index in [9.17, 15) is 9.59 Å². The number of ether oxygens (including phenoxy) is 1. The topological polar surface area (TPSA) is 92.9 Å². The van der Waals surface area contributed by atoms with E-state index in [1.54, 1.807) is 12.1 Å². The second-order valence-electron chi connectivity index (χ2n) is 4.75. The van der Waals surface area contributed by atoms with E-state index in [4.69, 9.17) is 15.6 Å². The molecule has 0 bridgehead atoms. The molecule has 1 aliphatic heterocycles. The number of nitrogens with zero attached hydrogens (tertiary/aromatic N) is 1. The maximum Gasteiger partial charge on any atom is 0.305 e. The van der Waals surface area contributed by atoms with Crippen LogP contribution >= 0.6 is 0 Å². The summed E-state index contributed by atoms with van der Waals surface area (Å²) in [7, 11) is 0. The number of hydrogen-bond acceptors (Lipinski definition) is 4. The van der Waals surface area contributed by atoms with E-state index in [-0.39, 0.29) is 18.9 Å². The van der Waals surface area contributed by atoms with Crippen LogP contribution in [0.25, 0.3) is 0 Å². The lowest BCUT2D eigenvalue weighted by molar-refractivity contribution is -0.147. The lowest BCUT2D eigenvalue weighted by Gasteiger charge is -2.36. The second-order valence-corrected chi connectivity index (χ2v) is 4.75. The Hall–Kier alpha value is -1.92. The molecule has 0 spiro atoms. The van der Waals surface area contributed by atoms with Gasteiger partial charge in [-0.3, -0.25) is 9.59 Å². The highest BCUT2D eigenvalue weighted by Gasteiger charge is 2.32. The summed E-state index contributed by atoms with van der Waals surface area (Å²) in [5, 5.41) is 8.90. The molecule has 0 saturated carbocycles. The third kappa shape index (κ3) is 3.34. The number of carboxylic acids is 1. The van der Waals surface area contributed by atoms with Crippen LogP contribution in [0.2, 0.25) is 0 Å². The first-order valence-corrected chi connectivity index (χ1v) is 6.50. The second kappa shape index (κ2) is 6.49. The van der Waals surface area contributed by atoms with Gasteiger partial charge in [-0.15, -0.1) is 0 Å². The van der Waals surface area contributed by atoms with Gasteiger partial charge in [0.25, 0.3) is 0 Å². The molecule has 3 N–H and O–H groups in total. The number of carbonyl (C=O) groups is 2. The minimum atomic E-state index is -0.952. The number of amides is 1. The monoisotopic (exact) mass is 278 g/mol. The number of aliphatic carboxylic acids is 1. The molecule has 20 heavy (non-hydrogen) atoms. The van der Waals surface area contributed by atoms with E-state index in [0.717, 1.165) is 5.56 Å². The van der Waals surface area contributed by atoms with E-state index in [2.05, 4.69) is 0 Å². The first-order chi connectivity index (χ1) is 9.59. The molecule has 1 heterocycles. The van der Waals surface area contributed by atoms with Gasteiger partial charge in [0.1, 0.15) is 6.04 Å². The van der Waals surface area contributed by atoms with Crippen molar-refractivity contribution in [2.24, 2.45) is 5.73 Å². The van der Waals surface area contributed by atoms with Crippen LogP contribution in [0, 0.1) is 0 Å². The Morgan fingerprint density at radius 3 is 2.75 bits per heavy atom. The first kappa shape index (κ1) is 14.5. The summed E-state index contributed by atoms with van der Waals surface area (Å²) in [6.45, 7) is 1.01. The summed E-state index contributed by atoms with van der Waals surface area (Å²) in [6.07, 6.45) is -0.132. The van der Waals surface area contributed by atoms with Gasteiger partial charge in [-0.2, -0.15) is 0 Å². The van der Waals surface area contributed by atoms with Gasteiger partial charge in [0.15, 0.2) is 0 Å². The Labute approximate surface area is 117 Å². The molecule has 1 unspecified atom stereocenters. The third-order valence-electron chi connectivity index (χ3n) is 3.35. The molecule has 6 nitrogen and oxygen atoms in total. The maximum atomic E-state index is 12.4. The summed E-state index contributed by atoms with van der Waals surface area (Å²) < 4.78 is 5.25. The molecule has 1 amide bonds. The van der Waals surface area contributed by atoms with Crippen molar-refractivity contribution < 1.29 is 19.4 Å². The Kier molecular flexibility index (Phi) is 4.70. The molecule has 0 aromatic heterocycles. The smallest absolute Gasteiger partial charge is 0.305 e. The highest BCUT2D eigenvalue weighted by molar-refractivity contribution is 5.84. The molecule has 0 radical (unpaired) electrons. The zero-order valence-corrected chi connectivity index (χ0v) is 11.1. The molecule has 1 saturated heterocycles. The van der Waals surface area contributed by atoms with Gasteiger partial charge in [0, 0.05) is 6.54 Å². The van der Waals surface area contributed by atoms with E-state index in [1.165, 1.54) is 4.90 Å². The van der Waals surface area contributed by atoms with Crippen molar-refractivity contribution >= 4 is 11.9 Å². The predicted octanol–water partition coefficient (Wildman–Crippen LogP) is 0.389. The molecule has 6 heteroatoms. The number of carboxylic acid groups (broad SMARTS) is 1. The largest absolute Gasteiger partial charge is 0.481 e. The van der Waals surface area contributed by atoms with Crippen LogP contribution in [-0.4, -0.2) is 47.7 Å². The van der Waals surface area contributed by atoms with Gasteiger partial charge in [0.05, 0.1) is 25.7 Å². The minimum Gasteiger partial charge on any atom is -0.481 e. The molecule has 0 aliphatic carbocycles. The SMILES string of the molecule is N[C@H](C(=O)N1CCOCC1CC(=O)O)c1ccccc1. The van der Waals surface area contributed by atoms with Crippen molar-refractivity contribution in [1.29, 1.82) is 0 Å². The average Bonchev–Trinajstić information content (AvgIpc) is 2.46. The van der Waals surface area contributed by atoms with Crippen LogP contribution in [0.1, 0.15) is 18.0 Å². The van der Waals surface area contributed by atoms with Crippen LogP contribution in [-0.2, 0) is 14.3 Å². The van der Waals surface area contributed by atoms with Crippen molar-refractivity contribution in [3.8, 4) is 0 Å². The third-order valence-corrected chi connectivity index (χ3v) is 3.35. The highest BCUT2D eigenvalue weighted by Crippen LogP contribution is 2.18. The quantitative estimate of drug-likeness (QED) is 0.831. The molecular formula is C14H18N2O4. The van der Waals surface area contributed by atoms with Crippen LogP contribution in [0.3, 0.4) is 0 Å². The fourth-order valence-corrected chi connectivity index (χ4v) is 2.30. The number of nitrogens with two attached hydrogens (primary N) is 1.